The average Bonchev–Trinajstić information content (AvgIpc) is 2.85. The lowest BCUT2D eigenvalue weighted by atomic mass is 10.2. The van der Waals surface area contributed by atoms with Crippen molar-refractivity contribution in [3.63, 3.8) is 0 Å². The van der Waals surface area contributed by atoms with E-state index in [2.05, 4.69) is 60.7 Å². The Balaban J connectivity index is 2.05. The number of benzene rings is 1. The highest BCUT2D eigenvalue weighted by molar-refractivity contribution is 5.77. The number of hydrogen-bond donors (Lipinski definition) is 1. The zero-order valence-electron chi connectivity index (χ0n) is 13.6. The Labute approximate surface area is 127 Å². The molecule has 0 spiro atoms. The summed E-state index contributed by atoms with van der Waals surface area (Å²) in [6.07, 6.45) is 0. The van der Waals surface area contributed by atoms with Crippen LogP contribution >= 0.6 is 0 Å². The summed E-state index contributed by atoms with van der Waals surface area (Å²) in [4.78, 5) is 7.50. The zero-order chi connectivity index (χ0) is 15.0. The quantitative estimate of drug-likeness (QED) is 0.942. The normalized spacial score (nSPS) is 18.5. The van der Waals surface area contributed by atoms with E-state index in [1.54, 1.807) is 0 Å². The van der Waals surface area contributed by atoms with Crippen LogP contribution in [-0.2, 0) is 0 Å². The predicted octanol–water partition coefficient (Wildman–Crippen LogP) is 2.89. The maximum atomic E-state index is 4.97. The lowest BCUT2D eigenvalue weighted by Crippen LogP contribution is -2.45. The molecule has 0 saturated carbocycles. The number of aryl methyl sites for hydroxylation is 1. The summed E-state index contributed by atoms with van der Waals surface area (Å²) in [5.74, 6) is 1.20. The van der Waals surface area contributed by atoms with Crippen LogP contribution in [0, 0.1) is 6.92 Å². The number of nitrogens with zero attached hydrogens (tertiary/aromatic N) is 3. The fraction of sp³-hybridized carbons (Fsp3) is 0.588. The summed E-state index contributed by atoms with van der Waals surface area (Å²) >= 11 is 0. The summed E-state index contributed by atoms with van der Waals surface area (Å²) < 4.78 is 2.40. The number of fused-ring (bicyclic) bond motifs is 1. The maximum absolute atomic E-state index is 4.97. The van der Waals surface area contributed by atoms with Crippen LogP contribution in [0.4, 0.5) is 0 Å². The van der Waals surface area contributed by atoms with Crippen LogP contribution in [0.3, 0.4) is 0 Å². The summed E-state index contributed by atoms with van der Waals surface area (Å²) in [5.41, 5.74) is 3.66. The minimum atomic E-state index is 0.363. The third-order valence-electron chi connectivity index (χ3n) is 4.46. The molecule has 1 aliphatic rings. The van der Waals surface area contributed by atoms with Crippen LogP contribution in [-0.4, -0.2) is 40.6 Å². The molecule has 1 saturated heterocycles. The monoisotopic (exact) mass is 286 g/mol. The van der Waals surface area contributed by atoms with Gasteiger partial charge in [-0.2, -0.15) is 0 Å². The Kier molecular flexibility index (Phi) is 4.00. The van der Waals surface area contributed by atoms with Crippen molar-refractivity contribution in [2.24, 2.45) is 0 Å². The molecule has 0 bridgehead atoms. The molecule has 4 heteroatoms. The standard InChI is InChI=1S/C17H26N4/c1-12(2)21-16-6-5-13(3)11-15(16)19-17(21)14(4)20-9-7-18-8-10-20/h5-6,11-12,14,18H,7-10H2,1-4H3. The predicted molar refractivity (Wildman–Crippen MR) is 87.7 cm³/mol. The lowest BCUT2D eigenvalue weighted by molar-refractivity contribution is 0.175. The highest BCUT2D eigenvalue weighted by Gasteiger charge is 2.24. The second-order valence-electron chi connectivity index (χ2n) is 6.39. The number of rotatable bonds is 3. The fourth-order valence-electron chi connectivity index (χ4n) is 3.30. The van der Waals surface area contributed by atoms with Crippen molar-refractivity contribution in [3.8, 4) is 0 Å². The molecule has 0 radical (unpaired) electrons. The third kappa shape index (κ3) is 2.70. The van der Waals surface area contributed by atoms with E-state index >= 15 is 0 Å². The summed E-state index contributed by atoms with van der Waals surface area (Å²) in [5, 5.41) is 3.42. The van der Waals surface area contributed by atoms with Gasteiger partial charge in [-0.05, 0) is 45.4 Å². The smallest absolute Gasteiger partial charge is 0.127 e. The Morgan fingerprint density at radius 1 is 1.14 bits per heavy atom. The van der Waals surface area contributed by atoms with Crippen molar-refractivity contribution in [1.29, 1.82) is 0 Å². The Hall–Kier alpha value is -1.39. The molecule has 2 heterocycles. The van der Waals surface area contributed by atoms with Crippen molar-refractivity contribution in [2.75, 3.05) is 26.2 Å². The first kappa shape index (κ1) is 14.5. The van der Waals surface area contributed by atoms with Crippen molar-refractivity contribution in [1.82, 2.24) is 19.8 Å². The van der Waals surface area contributed by atoms with Crippen LogP contribution in [0.5, 0.6) is 0 Å². The number of nitrogens with one attached hydrogen (secondary N) is 1. The Morgan fingerprint density at radius 3 is 2.52 bits per heavy atom. The van der Waals surface area contributed by atoms with Gasteiger partial charge in [0.05, 0.1) is 17.1 Å². The van der Waals surface area contributed by atoms with E-state index < -0.39 is 0 Å². The van der Waals surface area contributed by atoms with E-state index in [4.69, 9.17) is 4.98 Å². The fourth-order valence-corrected chi connectivity index (χ4v) is 3.30. The van der Waals surface area contributed by atoms with E-state index in [0.29, 0.717) is 12.1 Å². The van der Waals surface area contributed by atoms with Crippen LogP contribution in [0.15, 0.2) is 18.2 Å². The molecule has 0 aliphatic carbocycles. The van der Waals surface area contributed by atoms with Crippen molar-refractivity contribution in [2.45, 2.75) is 39.8 Å². The van der Waals surface area contributed by atoms with Gasteiger partial charge in [-0.1, -0.05) is 6.07 Å². The molecule has 1 fully saturated rings. The number of aromatic nitrogens is 2. The first-order chi connectivity index (χ1) is 10.1. The molecule has 1 unspecified atom stereocenters. The van der Waals surface area contributed by atoms with E-state index in [1.165, 1.54) is 16.9 Å². The van der Waals surface area contributed by atoms with Crippen LogP contribution in [0.2, 0.25) is 0 Å². The van der Waals surface area contributed by atoms with Gasteiger partial charge < -0.3 is 9.88 Å². The van der Waals surface area contributed by atoms with Gasteiger partial charge in [0.2, 0.25) is 0 Å². The molecule has 2 aromatic rings. The van der Waals surface area contributed by atoms with Gasteiger partial charge in [-0.3, -0.25) is 4.90 Å². The molecule has 4 nitrogen and oxygen atoms in total. The molecule has 21 heavy (non-hydrogen) atoms. The molecule has 1 aliphatic heterocycles. The summed E-state index contributed by atoms with van der Waals surface area (Å²) in [6.45, 7) is 13.3. The van der Waals surface area contributed by atoms with Gasteiger partial charge in [0.1, 0.15) is 5.82 Å². The van der Waals surface area contributed by atoms with Gasteiger partial charge >= 0.3 is 0 Å². The number of imidazole rings is 1. The van der Waals surface area contributed by atoms with Crippen LogP contribution in [0.25, 0.3) is 11.0 Å². The van der Waals surface area contributed by atoms with Gasteiger partial charge in [0, 0.05) is 32.2 Å². The van der Waals surface area contributed by atoms with Crippen molar-refractivity contribution in [3.05, 3.63) is 29.6 Å². The second-order valence-corrected chi connectivity index (χ2v) is 6.39. The molecule has 1 aromatic carbocycles. The first-order valence-corrected chi connectivity index (χ1v) is 8.01. The second kappa shape index (κ2) is 5.78. The zero-order valence-corrected chi connectivity index (χ0v) is 13.6. The number of hydrogen-bond acceptors (Lipinski definition) is 3. The van der Waals surface area contributed by atoms with Crippen LogP contribution in [0.1, 0.15) is 44.2 Å². The molecule has 1 aromatic heterocycles. The molecular formula is C17H26N4. The molecule has 1 atom stereocenters. The van der Waals surface area contributed by atoms with E-state index in [-0.39, 0.29) is 0 Å². The molecule has 1 N–H and O–H groups in total. The molecule has 3 rings (SSSR count). The van der Waals surface area contributed by atoms with Gasteiger partial charge in [0.15, 0.2) is 0 Å². The Morgan fingerprint density at radius 2 is 1.86 bits per heavy atom. The van der Waals surface area contributed by atoms with Gasteiger partial charge in [-0.25, -0.2) is 4.98 Å². The highest BCUT2D eigenvalue weighted by atomic mass is 15.2. The summed E-state index contributed by atoms with van der Waals surface area (Å²) in [6, 6.07) is 7.39. The van der Waals surface area contributed by atoms with Crippen molar-refractivity contribution < 1.29 is 0 Å². The van der Waals surface area contributed by atoms with Gasteiger partial charge in [0.25, 0.3) is 0 Å². The van der Waals surface area contributed by atoms with E-state index in [0.717, 1.165) is 31.7 Å². The number of piperazine rings is 1. The Bertz CT molecular complexity index is 623. The highest BCUT2D eigenvalue weighted by Crippen LogP contribution is 2.28. The van der Waals surface area contributed by atoms with Crippen LogP contribution < -0.4 is 5.32 Å². The lowest BCUT2D eigenvalue weighted by Gasteiger charge is -2.33. The largest absolute Gasteiger partial charge is 0.324 e. The SMILES string of the molecule is Cc1ccc2c(c1)nc(C(C)N1CCNCC1)n2C(C)C. The maximum Gasteiger partial charge on any atom is 0.127 e. The first-order valence-electron chi connectivity index (χ1n) is 8.01. The van der Waals surface area contributed by atoms with E-state index in [9.17, 15) is 0 Å². The minimum Gasteiger partial charge on any atom is -0.324 e. The van der Waals surface area contributed by atoms with E-state index in [1.807, 2.05) is 0 Å². The molecular weight excluding hydrogens is 260 g/mol. The summed E-state index contributed by atoms with van der Waals surface area (Å²) in [7, 11) is 0. The topological polar surface area (TPSA) is 33.1 Å². The molecule has 114 valence electrons. The van der Waals surface area contributed by atoms with Crippen molar-refractivity contribution >= 4 is 11.0 Å². The third-order valence-corrected chi connectivity index (χ3v) is 4.46. The minimum absolute atomic E-state index is 0.363. The average molecular weight is 286 g/mol. The molecule has 0 amide bonds. The van der Waals surface area contributed by atoms with Gasteiger partial charge in [-0.15, -0.1) is 0 Å².